The molecule has 0 fully saturated rings. The summed E-state index contributed by atoms with van der Waals surface area (Å²) in [4.78, 5) is 12.4. The van der Waals surface area contributed by atoms with E-state index in [4.69, 9.17) is 10.5 Å². The van der Waals surface area contributed by atoms with Crippen molar-refractivity contribution in [2.45, 2.75) is 19.9 Å². The summed E-state index contributed by atoms with van der Waals surface area (Å²) in [5.41, 5.74) is 7.43. The molecule has 20 heavy (non-hydrogen) atoms. The lowest BCUT2D eigenvalue weighted by molar-refractivity contribution is 0.0992. The Bertz CT molecular complexity index is 618. The molecule has 0 aromatic carbocycles. The van der Waals surface area contributed by atoms with Gasteiger partial charge in [-0.3, -0.25) is 9.48 Å². The van der Waals surface area contributed by atoms with Crippen molar-refractivity contribution in [2.75, 3.05) is 18.2 Å². The second-order valence-electron chi connectivity index (χ2n) is 4.36. The highest BCUT2D eigenvalue weighted by Crippen LogP contribution is 2.43. The number of nitrogens with one attached hydrogen (secondary N) is 1. The number of carbonyl (C=O) groups is 1. The lowest BCUT2D eigenvalue weighted by Crippen LogP contribution is -2.00. The molecule has 0 spiro atoms. The molecule has 6 nitrogen and oxygen atoms in total. The van der Waals surface area contributed by atoms with E-state index < -0.39 is 0 Å². The van der Waals surface area contributed by atoms with Gasteiger partial charge in [0.25, 0.3) is 0 Å². The van der Waals surface area contributed by atoms with Gasteiger partial charge in [-0.2, -0.15) is 5.10 Å². The molecular formula is C13H18N4O2S. The van der Waals surface area contributed by atoms with Crippen molar-refractivity contribution in [1.29, 1.82) is 0 Å². The van der Waals surface area contributed by atoms with Crippen molar-refractivity contribution in [1.82, 2.24) is 9.78 Å². The predicted octanol–water partition coefficient (Wildman–Crippen LogP) is 2.28. The van der Waals surface area contributed by atoms with Gasteiger partial charge in [0.2, 0.25) is 0 Å². The molecule has 0 amide bonds. The van der Waals surface area contributed by atoms with Crippen LogP contribution in [0.3, 0.4) is 0 Å². The Morgan fingerprint density at radius 1 is 1.60 bits per heavy atom. The zero-order valence-corrected chi connectivity index (χ0v) is 12.6. The van der Waals surface area contributed by atoms with E-state index in [1.807, 2.05) is 20.2 Å². The van der Waals surface area contributed by atoms with Gasteiger partial charge in [-0.05, 0) is 0 Å². The summed E-state index contributed by atoms with van der Waals surface area (Å²) >= 11 is 1.33. The summed E-state index contributed by atoms with van der Waals surface area (Å²) in [5.74, 6) is 0.566. The maximum Gasteiger partial charge on any atom is 0.176 e. The largest absolute Gasteiger partial charge is 0.492 e. The van der Waals surface area contributed by atoms with Crippen LogP contribution in [0.5, 0.6) is 5.75 Å². The van der Waals surface area contributed by atoms with Crippen molar-refractivity contribution in [2.24, 2.45) is 7.05 Å². The minimum absolute atomic E-state index is 0.0280. The number of anilines is 2. The number of nitrogen functional groups attached to an aromatic ring is 1. The van der Waals surface area contributed by atoms with Crippen LogP contribution < -0.4 is 15.8 Å². The van der Waals surface area contributed by atoms with Gasteiger partial charge < -0.3 is 15.8 Å². The van der Waals surface area contributed by atoms with Crippen LogP contribution in [0.1, 0.15) is 28.6 Å². The van der Waals surface area contributed by atoms with Crippen molar-refractivity contribution < 1.29 is 9.53 Å². The molecule has 0 saturated carbocycles. The highest BCUT2D eigenvalue weighted by molar-refractivity contribution is 7.19. The number of ketones is 1. The molecule has 3 N–H and O–H groups in total. The van der Waals surface area contributed by atoms with E-state index in [1.54, 1.807) is 18.0 Å². The van der Waals surface area contributed by atoms with Gasteiger partial charge in [-0.25, -0.2) is 0 Å². The standard InChI is InChI=1S/C13H18N4O2S/c1-4-9(18)12-10(14)11(19-3)13(20-12)15-5-8-6-16-17(2)7-8/h6-7,15H,4-5,14H2,1-3H3. The number of nitrogens with zero attached hydrogens (tertiary/aromatic N) is 2. The van der Waals surface area contributed by atoms with E-state index in [1.165, 1.54) is 11.3 Å². The fourth-order valence-corrected chi connectivity index (χ4v) is 2.96. The van der Waals surface area contributed by atoms with E-state index in [0.717, 1.165) is 10.6 Å². The van der Waals surface area contributed by atoms with Crippen LogP contribution in [0.15, 0.2) is 12.4 Å². The number of nitrogens with two attached hydrogens (primary N) is 1. The Morgan fingerprint density at radius 3 is 2.90 bits per heavy atom. The summed E-state index contributed by atoms with van der Waals surface area (Å²) in [6, 6.07) is 0. The highest BCUT2D eigenvalue weighted by Gasteiger charge is 2.20. The van der Waals surface area contributed by atoms with E-state index in [0.29, 0.717) is 29.3 Å². The first-order valence-electron chi connectivity index (χ1n) is 6.27. The number of aromatic nitrogens is 2. The zero-order valence-electron chi connectivity index (χ0n) is 11.8. The molecule has 0 aliphatic heterocycles. The first-order chi connectivity index (χ1) is 9.56. The first kappa shape index (κ1) is 14.4. The Labute approximate surface area is 121 Å². The molecule has 7 heteroatoms. The van der Waals surface area contributed by atoms with Crippen LogP contribution in [0.25, 0.3) is 0 Å². The van der Waals surface area contributed by atoms with Crippen LogP contribution in [-0.4, -0.2) is 22.7 Å². The van der Waals surface area contributed by atoms with Gasteiger partial charge in [0.1, 0.15) is 5.00 Å². The second-order valence-corrected chi connectivity index (χ2v) is 5.38. The molecule has 2 aromatic rings. The number of hydrogen-bond acceptors (Lipinski definition) is 6. The maximum atomic E-state index is 11.8. The Kier molecular flexibility index (Phi) is 4.29. The summed E-state index contributed by atoms with van der Waals surface area (Å²) < 4.78 is 7.03. The zero-order chi connectivity index (χ0) is 14.7. The van der Waals surface area contributed by atoms with Crippen molar-refractivity contribution >= 4 is 27.8 Å². The van der Waals surface area contributed by atoms with Gasteiger partial charge in [-0.1, -0.05) is 6.92 Å². The Hall–Kier alpha value is -2.02. The summed E-state index contributed by atoms with van der Waals surface area (Å²) in [6.07, 6.45) is 4.14. The summed E-state index contributed by atoms with van der Waals surface area (Å²) in [7, 11) is 3.42. The van der Waals surface area contributed by atoms with Crippen LogP contribution in [0.2, 0.25) is 0 Å². The molecule has 2 aromatic heterocycles. The van der Waals surface area contributed by atoms with E-state index in [-0.39, 0.29) is 5.78 Å². The minimum atomic E-state index is 0.0280. The van der Waals surface area contributed by atoms with Crippen LogP contribution in [0, 0.1) is 0 Å². The minimum Gasteiger partial charge on any atom is -0.492 e. The molecular weight excluding hydrogens is 276 g/mol. The lowest BCUT2D eigenvalue weighted by atomic mass is 10.2. The molecule has 0 saturated heterocycles. The quantitative estimate of drug-likeness (QED) is 0.799. The van der Waals surface area contributed by atoms with Gasteiger partial charge in [-0.15, -0.1) is 11.3 Å². The monoisotopic (exact) mass is 294 g/mol. The maximum absolute atomic E-state index is 11.8. The fraction of sp³-hybridized carbons (Fsp3) is 0.385. The van der Waals surface area contributed by atoms with Crippen LogP contribution in [0.4, 0.5) is 10.7 Å². The average molecular weight is 294 g/mol. The molecule has 0 atom stereocenters. The molecule has 108 valence electrons. The third kappa shape index (κ3) is 2.77. The Morgan fingerprint density at radius 2 is 2.35 bits per heavy atom. The van der Waals surface area contributed by atoms with Crippen LogP contribution in [-0.2, 0) is 13.6 Å². The van der Waals surface area contributed by atoms with Gasteiger partial charge in [0, 0.05) is 31.8 Å². The van der Waals surface area contributed by atoms with Crippen molar-refractivity contribution in [3.05, 3.63) is 22.8 Å². The molecule has 2 heterocycles. The number of aryl methyl sites for hydroxylation is 1. The number of hydrogen-bond donors (Lipinski definition) is 2. The predicted molar refractivity (Wildman–Crippen MR) is 80.4 cm³/mol. The number of carbonyl (C=O) groups excluding carboxylic acids is 1. The lowest BCUT2D eigenvalue weighted by Gasteiger charge is -2.05. The van der Waals surface area contributed by atoms with Crippen molar-refractivity contribution in [3.8, 4) is 5.75 Å². The number of ether oxygens (including phenoxy) is 1. The molecule has 0 radical (unpaired) electrons. The first-order valence-corrected chi connectivity index (χ1v) is 7.09. The van der Waals surface area contributed by atoms with Crippen LogP contribution >= 0.6 is 11.3 Å². The normalized spacial score (nSPS) is 10.6. The number of methoxy groups -OCH3 is 1. The smallest absolute Gasteiger partial charge is 0.176 e. The SMILES string of the molecule is CCC(=O)c1sc(NCc2cnn(C)c2)c(OC)c1N. The van der Waals surface area contributed by atoms with Gasteiger partial charge in [0.15, 0.2) is 11.5 Å². The van der Waals surface area contributed by atoms with E-state index in [2.05, 4.69) is 10.4 Å². The second kappa shape index (κ2) is 5.96. The van der Waals surface area contributed by atoms with Gasteiger partial charge >= 0.3 is 0 Å². The topological polar surface area (TPSA) is 82.2 Å². The molecule has 0 aliphatic carbocycles. The molecule has 2 rings (SSSR count). The van der Waals surface area contributed by atoms with E-state index >= 15 is 0 Å². The van der Waals surface area contributed by atoms with Crippen molar-refractivity contribution in [3.63, 3.8) is 0 Å². The Balaban J connectivity index is 2.20. The third-order valence-corrected chi connectivity index (χ3v) is 4.08. The van der Waals surface area contributed by atoms with E-state index in [9.17, 15) is 4.79 Å². The summed E-state index contributed by atoms with van der Waals surface area (Å²) in [6.45, 7) is 2.42. The highest BCUT2D eigenvalue weighted by atomic mass is 32.1. The fourth-order valence-electron chi connectivity index (χ4n) is 1.86. The number of Topliss-reactive ketones (excluding diaryl/α,β-unsaturated/α-hetero) is 1. The molecule has 0 aliphatic rings. The molecule has 0 bridgehead atoms. The third-order valence-electron chi connectivity index (χ3n) is 2.89. The average Bonchev–Trinajstić information content (AvgIpc) is 2.99. The number of rotatable bonds is 6. The molecule has 0 unspecified atom stereocenters. The van der Waals surface area contributed by atoms with Gasteiger partial charge in [0.05, 0.1) is 23.9 Å². The number of thiophene rings is 1. The summed E-state index contributed by atoms with van der Waals surface area (Å²) in [5, 5.41) is 8.12.